The highest BCUT2D eigenvalue weighted by molar-refractivity contribution is 5.87. The molecule has 0 saturated heterocycles. The molecule has 0 saturated carbocycles. The molecule has 1 rings (SSSR count). The molecule has 0 aliphatic heterocycles. The fraction of sp³-hybridized carbons (Fsp3) is 0.438. The van der Waals surface area contributed by atoms with E-state index in [-0.39, 0.29) is 6.42 Å². The van der Waals surface area contributed by atoms with Gasteiger partial charge in [-0.2, -0.15) is 8.78 Å². The van der Waals surface area contributed by atoms with Gasteiger partial charge in [-0.05, 0) is 12.0 Å². The second-order valence-corrected chi connectivity index (χ2v) is 4.63. The van der Waals surface area contributed by atoms with Crippen LogP contribution in [0.1, 0.15) is 44.1 Å². The van der Waals surface area contributed by atoms with Crippen molar-refractivity contribution in [2.45, 2.75) is 44.4 Å². The zero-order valence-corrected chi connectivity index (χ0v) is 11.2. The lowest BCUT2D eigenvalue weighted by molar-refractivity contribution is -0.144. The minimum absolute atomic E-state index is 0.0714. The van der Waals surface area contributed by atoms with Crippen LogP contribution in [0.25, 0.3) is 0 Å². The first-order valence-corrected chi connectivity index (χ1v) is 6.62. The average Bonchev–Trinajstić information content (AvgIpc) is 2.40. The minimum atomic E-state index is -3.38. The third-order valence-corrected chi connectivity index (χ3v) is 3.16. The van der Waals surface area contributed by atoms with Gasteiger partial charge in [-0.3, -0.25) is 4.79 Å². The lowest BCUT2D eigenvalue weighted by Gasteiger charge is -2.23. The van der Waals surface area contributed by atoms with Crippen molar-refractivity contribution >= 4 is 5.78 Å². The normalized spacial score (nSPS) is 13.0. The van der Waals surface area contributed by atoms with Crippen molar-refractivity contribution < 1.29 is 13.6 Å². The Morgan fingerprint density at radius 1 is 1.32 bits per heavy atom. The first-order valence-electron chi connectivity index (χ1n) is 6.62. The summed E-state index contributed by atoms with van der Waals surface area (Å²) in [5.74, 6) is -5.62. The summed E-state index contributed by atoms with van der Waals surface area (Å²) in [6.45, 7) is 5.42. The number of Topliss-reactive ketones (excluding diaryl/α,β-unsaturated/α-hetero) is 1. The van der Waals surface area contributed by atoms with E-state index in [1.54, 1.807) is 30.3 Å². The minimum Gasteiger partial charge on any atom is -0.293 e. The molecule has 1 aromatic carbocycles. The van der Waals surface area contributed by atoms with Crippen molar-refractivity contribution in [3.05, 3.63) is 48.6 Å². The van der Waals surface area contributed by atoms with Crippen LogP contribution in [0.5, 0.6) is 0 Å². The zero-order valence-electron chi connectivity index (χ0n) is 11.2. The van der Waals surface area contributed by atoms with Crippen molar-refractivity contribution in [3.8, 4) is 0 Å². The Morgan fingerprint density at radius 3 is 2.47 bits per heavy atom. The Hall–Kier alpha value is -1.51. The van der Waals surface area contributed by atoms with Crippen LogP contribution in [0.4, 0.5) is 8.78 Å². The van der Waals surface area contributed by atoms with E-state index in [1.807, 2.05) is 6.92 Å². The fourth-order valence-corrected chi connectivity index (χ4v) is 2.03. The largest absolute Gasteiger partial charge is 0.315 e. The number of allylic oxidation sites excluding steroid dienone is 1. The third kappa shape index (κ3) is 3.98. The molecule has 0 radical (unpaired) electrons. The summed E-state index contributed by atoms with van der Waals surface area (Å²) in [4.78, 5) is 11.7. The molecule has 0 bridgehead atoms. The van der Waals surface area contributed by atoms with E-state index in [2.05, 4.69) is 6.58 Å². The fourth-order valence-electron chi connectivity index (χ4n) is 2.03. The van der Waals surface area contributed by atoms with E-state index >= 15 is 0 Å². The Labute approximate surface area is 113 Å². The summed E-state index contributed by atoms with van der Waals surface area (Å²) >= 11 is 0. The van der Waals surface area contributed by atoms with E-state index in [0.717, 1.165) is 18.9 Å². The average molecular weight is 266 g/mol. The number of carbonyl (C=O) groups excluding carboxylic acids is 1. The van der Waals surface area contributed by atoms with Crippen molar-refractivity contribution in [3.63, 3.8) is 0 Å². The van der Waals surface area contributed by atoms with Gasteiger partial charge in [0.05, 0.1) is 5.92 Å². The van der Waals surface area contributed by atoms with Crippen LogP contribution < -0.4 is 0 Å². The molecule has 0 aromatic heterocycles. The van der Waals surface area contributed by atoms with Gasteiger partial charge in [0, 0.05) is 6.42 Å². The van der Waals surface area contributed by atoms with Crippen molar-refractivity contribution in [2.75, 3.05) is 0 Å². The molecule has 0 N–H and O–H groups in total. The smallest absolute Gasteiger partial charge is 0.293 e. The van der Waals surface area contributed by atoms with Gasteiger partial charge < -0.3 is 0 Å². The summed E-state index contributed by atoms with van der Waals surface area (Å²) < 4.78 is 28.3. The number of carbonyl (C=O) groups is 1. The number of hydrogen-bond donors (Lipinski definition) is 0. The van der Waals surface area contributed by atoms with Crippen LogP contribution in [-0.2, 0) is 4.79 Å². The van der Waals surface area contributed by atoms with E-state index in [4.69, 9.17) is 0 Å². The summed E-state index contributed by atoms with van der Waals surface area (Å²) in [5.41, 5.74) is 0.423. The van der Waals surface area contributed by atoms with Crippen molar-refractivity contribution in [2.24, 2.45) is 0 Å². The first kappa shape index (κ1) is 15.5. The second-order valence-electron chi connectivity index (χ2n) is 4.63. The molecular formula is C16H20F2O. The van der Waals surface area contributed by atoms with Gasteiger partial charge in [0.25, 0.3) is 0 Å². The number of ketones is 1. The summed E-state index contributed by atoms with van der Waals surface area (Å²) in [6, 6.07) is 8.32. The van der Waals surface area contributed by atoms with Crippen LogP contribution in [0, 0.1) is 0 Å². The molecule has 0 spiro atoms. The molecular weight excluding hydrogens is 246 g/mol. The van der Waals surface area contributed by atoms with Crippen LogP contribution >= 0.6 is 0 Å². The number of unbranched alkanes of at least 4 members (excludes halogenated alkanes) is 2. The molecule has 1 unspecified atom stereocenters. The van der Waals surface area contributed by atoms with E-state index in [0.29, 0.717) is 12.0 Å². The highest BCUT2D eigenvalue weighted by atomic mass is 19.3. The predicted molar refractivity (Wildman–Crippen MR) is 73.5 cm³/mol. The quantitative estimate of drug-likeness (QED) is 0.490. The number of hydrogen-bond acceptors (Lipinski definition) is 1. The maximum absolute atomic E-state index is 14.2. The molecule has 1 aromatic rings. The van der Waals surface area contributed by atoms with Gasteiger partial charge in [0.15, 0.2) is 0 Å². The molecule has 1 nitrogen and oxygen atoms in total. The van der Waals surface area contributed by atoms with Crippen LogP contribution in [-0.4, -0.2) is 11.7 Å². The highest BCUT2D eigenvalue weighted by Crippen LogP contribution is 2.36. The second kappa shape index (κ2) is 7.17. The van der Waals surface area contributed by atoms with Crippen LogP contribution in [0.2, 0.25) is 0 Å². The lowest BCUT2D eigenvalue weighted by atomic mass is 9.88. The Morgan fingerprint density at radius 2 is 1.95 bits per heavy atom. The maximum Gasteiger partial charge on any atom is 0.315 e. The molecule has 0 fully saturated rings. The van der Waals surface area contributed by atoms with Gasteiger partial charge >= 0.3 is 5.92 Å². The standard InChI is InChI=1S/C16H20F2O/c1-3-5-7-12-15(19)16(17,18)14(4-2)13-10-8-6-9-11-13/h4,6,8-11,14H,2-3,5,7,12H2,1H3. The van der Waals surface area contributed by atoms with Crippen LogP contribution in [0.15, 0.2) is 43.0 Å². The maximum atomic E-state index is 14.2. The Bertz CT molecular complexity index is 412. The van der Waals surface area contributed by atoms with Crippen molar-refractivity contribution in [1.29, 1.82) is 0 Å². The van der Waals surface area contributed by atoms with Gasteiger partial charge in [-0.1, -0.05) is 56.2 Å². The summed E-state index contributed by atoms with van der Waals surface area (Å²) in [6.07, 6.45) is 3.31. The van der Waals surface area contributed by atoms with Gasteiger partial charge in [0.2, 0.25) is 5.78 Å². The molecule has 0 aliphatic carbocycles. The van der Waals surface area contributed by atoms with Gasteiger partial charge in [-0.15, -0.1) is 6.58 Å². The number of alkyl halides is 2. The van der Waals surface area contributed by atoms with Crippen molar-refractivity contribution in [1.82, 2.24) is 0 Å². The van der Waals surface area contributed by atoms with E-state index in [9.17, 15) is 13.6 Å². The van der Waals surface area contributed by atoms with E-state index < -0.39 is 17.6 Å². The monoisotopic (exact) mass is 266 g/mol. The summed E-state index contributed by atoms with van der Waals surface area (Å²) in [7, 11) is 0. The molecule has 0 amide bonds. The number of benzene rings is 1. The Balaban J connectivity index is 2.83. The zero-order chi connectivity index (χ0) is 14.3. The predicted octanol–water partition coefficient (Wildman–Crippen LogP) is 4.74. The SMILES string of the molecule is C=CC(c1ccccc1)C(F)(F)C(=O)CCCCC. The highest BCUT2D eigenvalue weighted by Gasteiger charge is 2.45. The third-order valence-electron chi connectivity index (χ3n) is 3.16. The first-order chi connectivity index (χ1) is 9.04. The Kier molecular flexibility index (Phi) is 5.87. The molecule has 0 heterocycles. The van der Waals surface area contributed by atoms with Gasteiger partial charge in [-0.25, -0.2) is 0 Å². The summed E-state index contributed by atoms with van der Waals surface area (Å²) in [5, 5.41) is 0. The van der Waals surface area contributed by atoms with E-state index in [1.165, 1.54) is 0 Å². The lowest BCUT2D eigenvalue weighted by Crippen LogP contribution is -2.34. The molecule has 3 heteroatoms. The number of rotatable bonds is 8. The molecule has 19 heavy (non-hydrogen) atoms. The molecule has 1 atom stereocenters. The van der Waals surface area contributed by atoms with Gasteiger partial charge in [0.1, 0.15) is 0 Å². The molecule has 0 aliphatic rings. The topological polar surface area (TPSA) is 17.1 Å². The van der Waals surface area contributed by atoms with Crippen LogP contribution in [0.3, 0.4) is 0 Å². The number of halogens is 2. The molecule has 104 valence electrons.